The maximum absolute atomic E-state index is 14.2. The van der Waals surface area contributed by atoms with E-state index in [0.29, 0.717) is 10.6 Å². The van der Waals surface area contributed by atoms with Gasteiger partial charge in [0.25, 0.3) is 0 Å². The van der Waals surface area contributed by atoms with E-state index >= 15 is 0 Å². The molecule has 0 saturated heterocycles. The monoisotopic (exact) mass is 354 g/mol. The normalized spacial score (nSPS) is 19.0. The summed E-state index contributed by atoms with van der Waals surface area (Å²) < 4.78 is 46.7. The van der Waals surface area contributed by atoms with Gasteiger partial charge in [0, 0.05) is 23.3 Å². The van der Waals surface area contributed by atoms with Crippen molar-refractivity contribution in [2.45, 2.75) is 37.0 Å². The Kier molecular flexibility index (Phi) is 4.52. The van der Waals surface area contributed by atoms with Crippen LogP contribution in [0.25, 0.3) is 0 Å². The van der Waals surface area contributed by atoms with E-state index in [1.165, 1.54) is 19.2 Å². The van der Waals surface area contributed by atoms with Gasteiger partial charge in [-0.05, 0) is 42.2 Å². The average molecular weight is 355 g/mol. The smallest absolute Gasteiger partial charge is 0.248 e. The zero-order chi connectivity index (χ0) is 17.4. The first-order chi connectivity index (χ1) is 11.4. The van der Waals surface area contributed by atoms with E-state index in [-0.39, 0.29) is 31.4 Å². The molecule has 0 bridgehead atoms. The van der Waals surface area contributed by atoms with Crippen LogP contribution < -0.4 is 4.74 Å². The molecule has 2 aromatic rings. The van der Waals surface area contributed by atoms with Gasteiger partial charge in [0.15, 0.2) is 11.6 Å². The van der Waals surface area contributed by atoms with Crippen LogP contribution >= 0.6 is 11.6 Å². The van der Waals surface area contributed by atoms with Gasteiger partial charge in [-0.15, -0.1) is 0 Å². The molecule has 0 spiro atoms. The maximum atomic E-state index is 14.2. The highest BCUT2D eigenvalue weighted by Crippen LogP contribution is 2.51. The van der Waals surface area contributed by atoms with E-state index in [9.17, 15) is 13.2 Å². The lowest BCUT2D eigenvalue weighted by atomic mass is 9.64. The van der Waals surface area contributed by atoms with Crippen LogP contribution in [0.4, 0.5) is 13.2 Å². The summed E-state index contributed by atoms with van der Waals surface area (Å²) >= 11 is 6.36. The van der Waals surface area contributed by atoms with Crippen LogP contribution in [0.1, 0.15) is 36.8 Å². The van der Waals surface area contributed by atoms with Crippen molar-refractivity contribution in [1.82, 2.24) is 0 Å². The summed E-state index contributed by atoms with van der Waals surface area (Å²) in [4.78, 5) is 0. The Bertz CT molecular complexity index is 735. The number of methoxy groups -OCH3 is 1. The lowest BCUT2D eigenvalue weighted by molar-refractivity contribution is -0.0470. The standard InChI is InChI=1S/C19H18ClF3O/c1-24-17-7-6-13(12-16(17)21)18(8-10-19(22,23)11-9-18)14-4-2-3-5-15(14)20/h2-7,12H,8-11H2,1H3. The van der Waals surface area contributed by atoms with Gasteiger partial charge in [-0.3, -0.25) is 0 Å². The molecule has 0 aliphatic heterocycles. The Labute approximate surface area is 144 Å². The third kappa shape index (κ3) is 3.00. The van der Waals surface area contributed by atoms with Crippen molar-refractivity contribution in [3.63, 3.8) is 0 Å². The molecule has 0 amide bonds. The third-order valence-electron chi connectivity index (χ3n) is 4.93. The molecule has 1 nitrogen and oxygen atoms in total. The molecule has 0 radical (unpaired) electrons. The Morgan fingerprint density at radius 1 is 1.00 bits per heavy atom. The lowest BCUT2D eigenvalue weighted by Gasteiger charge is -2.41. The van der Waals surface area contributed by atoms with Gasteiger partial charge in [0.05, 0.1) is 7.11 Å². The van der Waals surface area contributed by atoms with Gasteiger partial charge >= 0.3 is 0 Å². The quantitative estimate of drug-likeness (QED) is 0.658. The summed E-state index contributed by atoms with van der Waals surface area (Å²) in [7, 11) is 1.39. The summed E-state index contributed by atoms with van der Waals surface area (Å²) in [6.45, 7) is 0. The molecule has 3 rings (SSSR count). The minimum absolute atomic E-state index is 0.134. The molecule has 0 aromatic heterocycles. The molecule has 1 aliphatic carbocycles. The van der Waals surface area contributed by atoms with E-state index in [1.54, 1.807) is 18.2 Å². The summed E-state index contributed by atoms with van der Waals surface area (Å²) in [5.74, 6) is -3.05. The number of hydrogen-bond donors (Lipinski definition) is 0. The first-order valence-corrected chi connectivity index (χ1v) is 8.23. The molecule has 0 heterocycles. The molecular formula is C19H18ClF3O. The first kappa shape index (κ1) is 17.2. The van der Waals surface area contributed by atoms with Crippen LogP contribution in [-0.2, 0) is 5.41 Å². The van der Waals surface area contributed by atoms with Crippen molar-refractivity contribution in [3.05, 3.63) is 64.4 Å². The summed E-state index contributed by atoms with van der Waals surface area (Å²) in [5.41, 5.74) is 0.712. The molecule has 0 atom stereocenters. The summed E-state index contributed by atoms with van der Waals surface area (Å²) in [6, 6.07) is 11.9. The zero-order valence-electron chi connectivity index (χ0n) is 13.3. The van der Waals surface area contributed by atoms with E-state index < -0.39 is 17.2 Å². The van der Waals surface area contributed by atoms with Crippen molar-refractivity contribution >= 4 is 11.6 Å². The number of hydrogen-bond acceptors (Lipinski definition) is 1. The van der Waals surface area contributed by atoms with Crippen LogP contribution in [0.2, 0.25) is 5.02 Å². The number of rotatable bonds is 3. The number of ether oxygens (including phenoxy) is 1. The predicted octanol–water partition coefficient (Wildman–Crippen LogP) is 5.98. The minimum Gasteiger partial charge on any atom is -0.494 e. The molecule has 5 heteroatoms. The maximum Gasteiger partial charge on any atom is 0.248 e. The highest BCUT2D eigenvalue weighted by Gasteiger charge is 2.46. The van der Waals surface area contributed by atoms with Gasteiger partial charge in [-0.1, -0.05) is 35.9 Å². The zero-order valence-corrected chi connectivity index (χ0v) is 14.0. The van der Waals surface area contributed by atoms with E-state index in [4.69, 9.17) is 16.3 Å². The first-order valence-electron chi connectivity index (χ1n) is 7.85. The largest absolute Gasteiger partial charge is 0.494 e. The molecule has 1 aliphatic rings. The summed E-state index contributed by atoms with van der Waals surface area (Å²) in [6.07, 6.45) is -0.0528. The molecule has 2 aromatic carbocycles. The minimum atomic E-state index is -2.68. The van der Waals surface area contributed by atoms with Gasteiger partial charge in [0.1, 0.15) is 0 Å². The second-order valence-corrected chi connectivity index (χ2v) is 6.67. The van der Waals surface area contributed by atoms with Crippen LogP contribution in [0.5, 0.6) is 5.75 Å². The molecule has 1 fully saturated rings. The predicted molar refractivity (Wildman–Crippen MR) is 88.6 cm³/mol. The van der Waals surface area contributed by atoms with E-state index in [1.807, 2.05) is 12.1 Å². The Morgan fingerprint density at radius 3 is 2.25 bits per heavy atom. The molecule has 128 valence electrons. The van der Waals surface area contributed by atoms with Crippen molar-refractivity contribution in [3.8, 4) is 5.75 Å². The molecular weight excluding hydrogens is 337 g/mol. The average Bonchev–Trinajstić information content (AvgIpc) is 2.56. The molecule has 1 saturated carbocycles. The lowest BCUT2D eigenvalue weighted by Crippen LogP contribution is -2.37. The van der Waals surface area contributed by atoms with Gasteiger partial charge in [-0.2, -0.15) is 0 Å². The number of alkyl halides is 2. The highest BCUT2D eigenvalue weighted by atomic mass is 35.5. The van der Waals surface area contributed by atoms with Gasteiger partial charge in [-0.25, -0.2) is 13.2 Å². The fourth-order valence-corrected chi connectivity index (χ4v) is 3.89. The second kappa shape index (κ2) is 6.32. The Hall–Kier alpha value is -1.68. The van der Waals surface area contributed by atoms with E-state index in [0.717, 1.165) is 5.56 Å². The van der Waals surface area contributed by atoms with Gasteiger partial charge in [0.2, 0.25) is 5.92 Å². The Morgan fingerprint density at radius 2 is 1.67 bits per heavy atom. The SMILES string of the molecule is COc1ccc(C2(c3ccccc3Cl)CCC(F)(F)CC2)cc1F. The fourth-order valence-electron chi connectivity index (χ4n) is 3.57. The third-order valence-corrected chi connectivity index (χ3v) is 5.26. The van der Waals surface area contributed by atoms with Crippen LogP contribution in [0.15, 0.2) is 42.5 Å². The molecule has 0 N–H and O–H groups in total. The number of halogens is 4. The topological polar surface area (TPSA) is 9.23 Å². The van der Waals surface area contributed by atoms with Crippen LogP contribution in [-0.4, -0.2) is 13.0 Å². The second-order valence-electron chi connectivity index (χ2n) is 6.27. The number of benzene rings is 2. The molecule has 24 heavy (non-hydrogen) atoms. The van der Waals surface area contributed by atoms with Crippen LogP contribution in [0.3, 0.4) is 0 Å². The highest BCUT2D eigenvalue weighted by molar-refractivity contribution is 6.31. The van der Waals surface area contributed by atoms with Crippen molar-refractivity contribution in [1.29, 1.82) is 0 Å². The van der Waals surface area contributed by atoms with Crippen molar-refractivity contribution in [2.75, 3.05) is 7.11 Å². The molecule has 0 unspecified atom stereocenters. The fraction of sp³-hybridized carbons (Fsp3) is 0.368. The van der Waals surface area contributed by atoms with Gasteiger partial charge < -0.3 is 4.74 Å². The van der Waals surface area contributed by atoms with Crippen molar-refractivity contribution < 1.29 is 17.9 Å². The Balaban J connectivity index is 2.13. The van der Waals surface area contributed by atoms with Crippen LogP contribution in [0, 0.1) is 5.82 Å². The van der Waals surface area contributed by atoms with E-state index in [2.05, 4.69) is 0 Å². The van der Waals surface area contributed by atoms with Crippen molar-refractivity contribution in [2.24, 2.45) is 0 Å². The summed E-state index contributed by atoms with van der Waals surface area (Å²) in [5, 5.41) is 0.513.